The number of nitrogens with one attached hydrogen (secondary N) is 1. The van der Waals surface area contributed by atoms with Crippen molar-refractivity contribution >= 4 is 17.4 Å². The molecule has 3 rings (SSSR count). The second kappa shape index (κ2) is 10.2. The average molecular weight is 390 g/mol. The molecule has 29 heavy (non-hydrogen) atoms. The molecule has 0 radical (unpaired) electrons. The maximum Gasteiger partial charge on any atom is 0.275 e. The van der Waals surface area contributed by atoms with Crippen LogP contribution in [0.2, 0.25) is 0 Å². The SMILES string of the molecule is CCCN(CCC)c1cnc(C(=O)Nc2ccccc2Oc2ccccc2)cn1. The minimum atomic E-state index is -0.328. The van der Waals surface area contributed by atoms with Crippen molar-refractivity contribution in [2.24, 2.45) is 0 Å². The Balaban J connectivity index is 1.72. The van der Waals surface area contributed by atoms with Crippen LogP contribution in [0.5, 0.6) is 11.5 Å². The van der Waals surface area contributed by atoms with E-state index >= 15 is 0 Å². The highest BCUT2D eigenvalue weighted by Gasteiger charge is 2.13. The van der Waals surface area contributed by atoms with E-state index in [1.165, 1.54) is 6.20 Å². The number of carbonyl (C=O) groups excluding carboxylic acids is 1. The van der Waals surface area contributed by atoms with Crippen LogP contribution < -0.4 is 15.0 Å². The summed E-state index contributed by atoms with van der Waals surface area (Å²) in [7, 11) is 0. The Hall–Kier alpha value is -3.41. The van der Waals surface area contributed by atoms with Gasteiger partial charge in [0.2, 0.25) is 0 Å². The van der Waals surface area contributed by atoms with E-state index in [9.17, 15) is 4.79 Å². The van der Waals surface area contributed by atoms with Gasteiger partial charge in [-0.3, -0.25) is 4.79 Å². The van der Waals surface area contributed by atoms with E-state index in [0.717, 1.165) is 31.7 Å². The molecule has 0 atom stereocenters. The smallest absolute Gasteiger partial charge is 0.275 e. The fourth-order valence-corrected chi connectivity index (χ4v) is 2.94. The van der Waals surface area contributed by atoms with Gasteiger partial charge in [-0.25, -0.2) is 9.97 Å². The Morgan fingerprint density at radius 3 is 2.28 bits per heavy atom. The maximum absolute atomic E-state index is 12.7. The summed E-state index contributed by atoms with van der Waals surface area (Å²) < 4.78 is 5.89. The number of hydrogen-bond acceptors (Lipinski definition) is 5. The molecule has 0 saturated heterocycles. The summed E-state index contributed by atoms with van der Waals surface area (Å²) in [6.45, 7) is 6.09. The van der Waals surface area contributed by atoms with Crippen molar-refractivity contribution in [1.82, 2.24) is 9.97 Å². The van der Waals surface area contributed by atoms with E-state index in [1.54, 1.807) is 12.3 Å². The first-order chi connectivity index (χ1) is 14.2. The molecule has 0 fully saturated rings. The van der Waals surface area contributed by atoms with Crippen LogP contribution in [0.15, 0.2) is 67.0 Å². The van der Waals surface area contributed by atoms with Gasteiger partial charge >= 0.3 is 0 Å². The third kappa shape index (κ3) is 5.54. The predicted octanol–water partition coefficient (Wildman–Crippen LogP) is 5.15. The van der Waals surface area contributed by atoms with Crippen LogP contribution in [0.1, 0.15) is 37.2 Å². The highest BCUT2D eigenvalue weighted by molar-refractivity contribution is 6.03. The lowest BCUT2D eigenvalue weighted by Gasteiger charge is -2.22. The Morgan fingerprint density at radius 1 is 0.931 bits per heavy atom. The maximum atomic E-state index is 12.7. The first-order valence-corrected chi connectivity index (χ1v) is 9.91. The first-order valence-electron chi connectivity index (χ1n) is 9.91. The second-order valence-corrected chi connectivity index (χ2v) is 6.61. The van der Waals surface area contributed by atoms with Crippen molar-refractivity contribution in [1.29, 1.82) is 0 Å². The number of amides is 1. The largest absolute Gasteiger partial charge is 0.455 e. The molecule has 1 amide bonds. The first kappa shape index (κ1) is 20.3. The number of benzene rings is 2. The van der Waals surface area contributed by atoms with Gasteiger partial charge in [-0.05, 0) is 37.1 Å². The number of aromatic nitrogens is 2. The van der Waals surface area contributed by atoms with Crippen LogP contribution >= 0.6 is 0 Å². The van der Waals surface area contributed by atoms with E-state index in [2.05, 4.69) is 34.0 Å². The minimum Gasteiger partial charge on any atom is -0.455 e. The van der Waals surface area contributed by atoms with Crippen LogP contribution in [0.4, 0.5) is 11.5 Å². The summed E-state index contributed by atoms with van der Waals surface area (Å²) in [4.78, 5) is 23.6. The van der Waals surface area contributed by atoms with Crippen LogP contribution in [-0.2, 0) is 0 Å². The molecule has 0 unspecified atom stereocenters. The Morgan fingerprint density at radius 2 is 1.62 bits per heavy atom. The molecule has 0 bridgehead atoms. The minimum absolute atomic E-state index is 0.260. The fraction of sp³-hybridized carbons (Fsp3) is 0.261. The molecule has 2 aromatic carbocycles. The number of nitrogens with zero attached hydrogens (tertiary/aromatic N) is 3. The van der Waals surface area contributed by atoms with E-state index < -0.39 is 0 Å². The third-order valence-corrected chi connectivity index (χ3v) is 4.29. The summed E-state index contributed by atoms with van der Waals surface area (Å²) in [6.07, 6.45) is 5.24. The number of rotatable bonds is 9. The molecule has 0 aliphatic carbocycles. The molecule has 150 valence electrons. The van der Waals surface area contributed by atoms with E-state index in [-0.39, 0.29) is 11.6 Å². The molecular weight excluding hydrogens is 364 g/mol. The van der Waals surface area contributed by atoms with Crippen molar-refractivity contribution < 1.29 is 9.53 Å². The Labute approximate surface area is 171 Å². The summed E-state index contributed by atoms with van der Waals surface area (Å²) in [6, 6.07) is 16.7. The molecule has 0 spiro atoms. The summed E-state index contributed by atoms with van der Waals surface area (Å²) in [5.41, 5.74) is 0.835. The van der Waals surface area contributed by atoms with Crippen molar-refractivity contribution in [2.45, 2.75) is 26.7 Å². The molecule has 0 aliphatic heterocycles. The molecule has 3 aromatic rings. The van der Waals surface area contributed by atoms with Crippen LogP contribution in [-0.4, -0.2) is 29.0 Å². The number of ether oxygens (including phenoxy) is 1. The lowest BCUT2D eigenvalue weighted by Crippen LogP contribution is -2.26. The van der Waals surface area contributed by atoms with Crippen LogP contribution in [0.3, 0.4) is 0 Å². The molecule has 1 heterocycles. The lowest BCUT2D eigenvalue weighted by atomic mass is 10.2. The van der Waals surface area contributed by atoms with Gasteiger partial charge in [0, 0.05) is 13.1 Å². The molecule has 6 heteroatoms. The van der Waals surface area contributed by atoms with Gasteiger partial charge in [-0.15, -0.1) is 0 Å². The molecule has 1 N–H and O–H groups in total. The van der Waals surface area contributed by atoms with Crippen molar-refractivity contribution in [3.8, 4) is 11.5 Å². The molecule has 0 saturated carbocycles. The van der Waals surface area contributed by atoms with E-state index in [4.69, 9.17) is 4.74 Å². The molecule has 1 aromatic heterocycles. The van der Waals surface area contributed by atoms with Crippen molar-refractivity contribution in [3.63, 3.8) is 0 Å². The summed E-state index contributed by atoms with van der Waals surface area (Å²) in [5.74, 6) is 1.72. The van der Waals surface area contributed by atoms with Gasteiger partial charge in [0.05, 0.1) is 18.1 Å². The zero-order valence-electron chi connectivity index (χ0n) is 16.8. The molecular formula is C23H26N4O2. The number of hydrogen-bond donors (Lipinski definition) is 1. The number of anilines is 2. The number of para-hydroxylation sites is 3. The number of carbonyl (C=O) groups is 1. The van der Waals surface area contributed by atoms with Gasteiger partial charge in [-0.1, -0.05) is 44.2 Å². The summed E-state index contributed by atoms with van der Waals surface area (Å²) >= 11 is 0. The highest BCUT2D eigenvalue weighted by Crippen LogP contribution is 2.29. The Bertz CT molecular complexity index is 908. The normalized spacial score (nSPS) is 10.4. The van der Waals surface area contributed by atoms with Crippen LogP contribution in [0, 0.1) is 0 Å². The fourth-order valence-electron chi connectivity index (χ4n) is 2.94. The summed E-state index contributed by atoms with van der Waals surface area (Å²) in [5, 5.41) is 2.87. The van der Waals surface area contributed by atoms with E-state index in [1.807, 2.05) is 48.5 Å². The zero-order valence-corrected chi connectivity index (χ0v) is 16.8. The van der Waals surface area contributed by atoms with Crippen molar-refractivity contribution in [2.75, 3.05) is 23.3 Å². The third-order valence-electron chi connectivity index (χ3n) is 4.29. The molecule has 6 nitrogen and oxygen atoms in total. The standard InChI is InChI=1S/C23H26N4O2/c1-3-14-27(15-4-2)22-17-24-20(16-25-22)23(28)26-19-12-8-9-13-21(19)29-18-10-6-5-7-11-18/h5-13,16-17H,3-4,14-15H2,1-2H3,(H,26,28). The average Bonchev–Trinajstić information content (AvgIpc) is 2.76. The van der Waals surface area contributed by atoms with Crippen LogP contribution in [0.25, 0.3) is 0 Å². The topological polar surface area (TPSA) is 67.4 Å². The van der Waals surface area contributed by atoms with Gasteiger partial charge in [-0.2, -0.15) is 0 Å². The zero-order chi connectivity index (χ0) is 20.5. The molecule has 0 aliphatic rings. The second-order valence-electron chi connectivity index (χ2n) is 6.61. The van der Waals surface area contributed by atoms with Gasteiger partial charge in [0.15, 0.2) is 5.75 Å². The Kier molecular flexibility index (Phi) is 7.16. The van der Waals surface area contributed by atoms with Gasteiger partial charge < -0.3 is 15.0 Å². The predicted molar refractivity (Wildman–Crippen MR) is 116 cm³/mol. The monoisotopic (exact) mass is 390 g/mol. The lowest BCUT2D eigenvalue weighted by molar-refractivity contribution is 0.102. The highest BCUT2D eigenvalue weighted by atomic mass is 16.5. The van der Waals surface area contributed by atoms with E-state index in [0.29, 0.717) is 17.2 Å². The van der Waals surface area contributed by atoms with Gasteiger partial charge in [0.25, 0.3) is 5.91 Å². The quantitative estimate of drug-likeness (QED) is 0.547. The van der Waals surface area contributed by atoms with Crippen molar-refractivity contribution in [3.05, 3.63) is 72.7 Å². The van der Waals surface area contributed by atoms with Gasteiger partial charge in [0.1, 0.15) is 17.3 Å².